The Morgan fingerprint density at radius 1 is 0.950 bits per heavy atom. The quantitative estimate of drug-likeness (QED) is 0.777. The van der Waals surface area contributed by atoms with Crippen LogP contribution in [0, 0.1) is 17.6 Å². The smallest absolute Gasteiger partial charge is 0.126 e. The van der Waals surface area contributed by atoms with Gasteiger partial charge in [-0.05, 0) is 54.2 Å². The molecule has 2 aromatic rings. The van der Waals surface area contributed by atoms with E-state index in [1.54, 1.807) is 0 Å². The van der Waals surface area contributed by atoms with E-state index in [4.69, 9.17) is 4.74 Å². The third-order valence-corrected chi connectivity index (χ3v) is 3.74. The molecule has 3 rings (SSSR count). The summed E-state index contributed by atoms with van der Waals surface area (Å²) >= 11 is 0. The van der Waals surface area contributed by atoms with E-state index in [0.29, 0.717) is 11.5 Å². The topological polar surface area (TPSA) is 9.23 Å². The van der Waals surface area contributed by atoms with Crippen LogP contribution in [0.15, 0.2) is 42.5 Å². The Balaban J connectivity index is 1.78. The van der Waals surface area contributed by atoms with Crippen LogP contribution in [0.1, 0.15) is 19.3 Å². The van der Waals surface area contributed by atoms with Gasteiger partial charge in [0.1, 0.15) is 17.4 Å². The van der Waals surface area contributed by atoms with Gasteiger partial charge in [-0.25, -0.2) is 8.78 Å². The van der Waals surface area contributed by atoms with Crippen molar-refractivity contribution in [1.82, 2.24) is 0 Å². The normalized spacial score (nSPS) is 14.9. The highest BCUT2D eigenvalue weighted by Crippen LogP contribution is 2.29. The standard InChI is InChI=1S/C17H16F2O/c18-15-7-14(8-16(19)10-15)13-5-2-6-17(9-13)20-11-12-3-1-4-12/h2,5-10,12H,1,3-4,11H2. The minimum atomic E-state index is -0.569. The van der Waals surface area contributed by atoms with Gasteiger partial charge in [0, 0.05) is 6.07 Å². The molecule has 0 bridgehead atoms. The van der Waals surface area contributed by atoms with Gasteiger partial charge in [0.25, 0.3) is 0 Å². The number of hydrogen-bond acceptors (Lipinski definition) is 1. The van der Waals surface area contributed by atoms with Crippen LogP contribution in [-0.2, 0) is 0 Å². The largest absolute Gasteiger partial charge is 0.493 e. The summed E-state index contributed by atoms with van der Waals surface area (Å²) < 4.78 is 32.2. The third kappa shape index (κ3) is 2.98. The van der Waals surface area contributed by atoms with Crippen molar-refractivity contribution in [3.8, 4) is 16.9 Å². The minimum absolute atomic E-state index is 0.525. The van der Waals surface area contributed by atoms with Crippen molar-refractivity contribution < 1.29 is 13.5 Å². The minimum Gasteiger partial charge on any atom is -0.493 e. The first-order valence-electron chi connectivity index (χ1n) is 6.90. The Morgan fingerprint density at radius 3 is 2.35 bits per heavy atom. The molecule has 0 spiro atoms. The van der Waals surface area contributed by atoms with Gasteiger partial charge in [0.05, 0.1) is 6.61 Å². The average molecular weight is 274 g/mol. The molecule has 1 fully saturated rings. The van der Waals surface area contributed by atoms with Crippen LogP contribution in [0.2, 0.25) is 0 Å². The zero-order valence-electron chi connectivity index (χ0n) is 11.1. The molecule has 0 unspecified atom stereocenters. The van der Waals surface area contributed by atoms with Crippen LogP contribution in [0.25, 0.3) is 11.1 Å². The van der Waals surface area contributed by atoms with Crippen molar-refractivity contribution in [2.45, 2.75) is 19.3 Å². The van der Waals surface area contributed by atoms with Crippen LogP contribution < -0.4 is 4.74 Å². The second kappa shape index (κ2) is 5.61. The van der Waals surface area contributed by atoms with Gasteiger partial charge in [0.15, 0.2) is 0 Å². The maximum Gasteiger partial charge on any atom is 0.126 e. The lowest BCUT2D eigenvalue weighted by Crippen LogP contribution is -2.19. The van der Waals surface area contributed by atoms with Crippen LogP contribution >= 0.6 is 0 Å². The first-order valence-corrected chi connectivity index (χ1v) is 6.90. The number of rotatable bonds is 4. The molecule has 0 aromatic heterocycles. The Hall–Kier alpha value is -1.90. The summed E-state index contributed by atoms with van der Waals surface area (Å²) in [6.07, 6.45) is 3.75. The number of halogens is 2. The predicted molar refractivity (Wildman–Crippen MR) is 74.6 cm³/mol. The van der Waals surface area contributed by atoms with Gasteiger partial charge in [0.2, 0.25) is 0 Å². The van der Waals surface area contributed by atoms with Gasteiger partial charge in [-0.3, -0.25) is 0 Å². The maximum atomic E-state index is 13.3. The van der Waals surface area contributed by atoms with E-state index in [2.05, 4.69) is 0 Å². The van der Waals surface area contributed by atoms with E-state index in [9.17, 15) is 8.78 Å². The second-order valence-electron chi connectivity index (χ2n) is 5.29. The molecule has 0 saturated heterocycles. The van der Waals surface area contributed by atoms with Crippen molar-refractivity contribution in [2.24, 2.45) is 5.92 Å². The number of hydrogen-bond donors (Lipinski definition) is 0. The lowest BCUT2D eigenvalue weighted by atomic mass is 9.86. The second-order valence-corrected chi connectivity index (χ2v) is 5.29. The molecule has 0 atom stereocenters. The molecule has 1 aliphatic carbocycles. The summed E-state index contributed by atoms with van der Waals surface area (Å²) in [7, 11) is 0. The zero-order chi connectivity index (χ0) is 13.9. The Labute approximate surface area is 117 Å². The van der Waals surface area contributed by atoms with E-state index in [1.165, 1.54) is 31.4 Å². The van der Waals surface area contributed by atoms with Crippen LogP contribution in [0.4, 0.5) is 8.78 Å². The highest BCUT2D eigenvalue weighted by molar-refractivity contribution is 5.65. The molecule has 0 amide bonds. The maximum absolute atomic E-state index is 13.3. The summed E-state index contributed by atoms with van der Waals surface area (Å²) in [4.78, 5) is 0. The van der Waals surface area contributed by atoms with Gasteiger partial charge in [-0.15, -0.1) is 0 Å². The molecule has 3 heteroatoms. The van der Waals surface area contributed by atoms with Crippen LogP contribution in [0.5, 0.6) is 5.75 Å². The fourth-order valence-corrected chi connectivity index (χ4v) is 2.36. The van der Waals surface area contributed by atoms with Crippen molar-refractivity contribution in [2.75, 3.05) is 6.61 Å². The van der Waals surface area contributed by atoms with Crippen molar-refractivity contribution >= 4 is 0 Å². The summed E-state index contributed by atoms with van der Waals surface area (Å²) in [6, 6.07) is 10.9. The average Bonchev–Trinajstić information content (AvgIpc) is 2.36. The number of benzene rings is 2. The lowest BCUT2D eigenvalue weighted by molar-refractivity contribution is 0.180. The summed E-state index contributed by atoms with van der Waals surface area (Å²) in [6.45, 7) is 0.723. The predicted octanol–water partition coefficient (Wildman–Crippen LogP) is 4.81. The third-order valence-electron chi connectivity index (χ3n) is 3.74. The van der Waals surface area contributed by atoms with Crippen LogP contribution in [0.3, 0.4) is 0 Å². The van der Waals surface area contributed by atoms with E-state index in [-0.39, 0.29) is 0 Å². The molecule has 2 aromatic carbocycles. The molecule has 1 nitrogen and oxygen atoms in total. The molecule has 1 saturated carbocycles. The van der Waals surface area contributed by atoms with Gasteiger partial charge in [-0.2, -0.15) is 0 Å². The first-order chi connectivity index (χ1) is 9.70. The molecule has 104 valence electrons. The molecule has 0 heterocycles. The molecule has 0 N–H and O–H groups in total. The first kappa shape index (κ1) is 13.1. The monoisotopic (exact) mass is 274 g/mol. The van der Waals surface area contributed by atoms with Gasteiger partial charge in [-0.1, -0.05) is 18.6 Å². The summed E-state index contributed by atoms with van der Waals surface area (Å²) in [5.74, 6) is 0.269. The van der Waals surface area contributed by atoms with Crippen molar-refractivity contribution in [3.63, 3.8) is 0 Å². The fraction of sp³-hybridized carbons (Fsp3) is 0.294. The lowest BCUT2D eigenvalue weighted by Gasteiger charge is -2.25. The molecule has 0 aliphatic heterocycles. The van der Waals surface area contributed by atoms with Crippen molar-refractivity contribution in [3.05, 3.63) is 54.1 Å². The summed E-state index contributed by atoms with van der Waals surface area (Å²) in [5, 5.41) is 0. The van der Waals surface area contributed by atoms with E-state index in [1.807, 2.05) is 24.3 Å². The highest BCUT2D eigenvalue weighted by Gasteiger charge is 2.17. The molecular weight excluding hydrogens is 258 g/mol. The molecule has 1 aliphatic rings. The van der Waals surface area contributed by atoms with Gasteiger partial charge >= 0.3 is 0 Å². The Morgan fingerprint density at radius 2 is 1.70 bits per heavy atom. The molecule has 20 heavy (non-hydrogen) atoms. The fourth-order valence-electron chi connectivity index (χ4n) is 2.36. The van der Waals surface area contributed by atoms with Crippen molar-refractivity contribution in [1.29, 1.82) is 0 Å². The van der Waals surface area contributed by atoms with E-state index < -0.39 is 11.6 Å². The Kier molecular flexibility index (Phi) is 3.68. The Bertz CT molecular complexity index is 585. The van der Waals surface area contributed by atoms with E-state index >= 15 is 0 Å². The molecular formula is C17H16F2O. The highest BCUT2D eigenvalue weighted by atomic mass is 19.1. The van der Waals surface area contributed by atoms with E-state index in [0.717, 1.165) is 24.0 Å². The zero-order valence-corrected chi connectivity index (χ0v) is 11.1. The van der Waals surface area contributed by atoms with Gasteiger partial charge < -0.3 is 4.74 Å². The molecule has 0 radical (unpaired) electrons. The van der Waals surface area contributed by atoms with Crippen LogP contribution in [-0.4, -0.2) is 6.61 Å². The summed E-state index contributed by atoms with van der Waals surface area (Å²) in [5.41, 5.74) is 1.28. The number of ether oxygens (including phenoxy) is 1. The SMILES string of the molecule is Fc1cc(F)cc(-c2cccc(OCC3CCC3)c2)c1.